The zero-order chi connectivity index (χ0) is 14.8. The van der Waals surface area contributed by atoms with Gasteiger partial charge in [0, 0.05) is 12.7 Å². The van der Waals surface area contributed by atoms with Crippen molar-refractivity contribution in [3.63, 3.8) is 0 Å². The third-order valence-corrected chi connectivity index (χ3v) is 3.88. The Bertz CT molecular complexity index is 664. The number of hydrogen-bond acceptors (Lipinski definition) is 2. The summed E-state index contributed by atoms with van der Waals surface area (Å²) in [6, 6.07) is 19.5. The molecule has 1 unspecified atom stereocenters. The summed E-state index contributed by atoms with van der Waals surface area (Å²) >= 11 is 0. The average Bonchev–Trinajstić information content (AvgIpc) is 2.74. The van der Waals surface area contributed by atoms with E-state index in [-0.39, 0.29) is 11.8 Å². The summed E-state index contributed by atoms with van der Waals surface area (Å²) < 4.78 is 0. The van der Waals surface area contributed by atoms with E-state index in [1.807, 2.05) is 66.7 Å². The van der Waals surface area contributed by atoms with E-state index in [1.165, 1.54) is 0 Å². The predicted octanol–water partition coefficient (Wildman–Crippen LogP) is 2.64. The van der Waals surface area contributed by atoms with Gasteiger partial charge >= 0.3 is 0 Å². The van der Waals surface area contributed by atoms with Crippen LogP contribution in [0.15, 0.2) is 66.4 Å². The van der Waals surface area contributed by atoms with E-state index in [0.717, 1.165) is 16.8 Å². The summed E-state index contributed by atoms with van der Waals surface area (Å²) in [6.07, 6.45) is 0.943. The molecule has 0 aliphatic carbocycles. The first-order valence-corrected chi connectivity index (χ1v) is 6.95. The van der Waals surface area contributed by atoms with Crippen LogP contribution in [0.25, 0.3) is 6.08 Å². The van der Waals surface area contributed by atoms with Gasteiger partial charge in [0.15, 0.2) is 0 Å². The van der Waals surface area contributed by atoms with Crippen molar-refractivity contribution in [1.82, 2.24) is 4.90 Å². The van der Waals surface area contributed by atoms with Crippen molar-refractivity contribution in [2.75, 3.05) is 7.05 Å². The molecule has 0 spiro atoms. The number of likely N-dealkylation sites (N-methyl/N-ethyl adjacent to an activating group) is 1. The number of amides is 1. The van der Waals surface area contributed by atoms with Gasteiger partial charge in [0.05, 0.1) is 5.92 Å². The lowest BCUT2D eigenvalue weighted by molar-refractivity contribution is -0.133. The highest BCUT2D eigenvalue weighted by molar-refractivity contribution is 5.89. The van der Waals surface area contributed by atoms with Gasteiger partial charge < -0.3 is 10.0 Å². The molecule has 2 aromatic carbocycles. The maximum absolute atomic E-state index is 12.1. The van der Waals surface area contributed by atoms with Gasteiger partial charge in [-0.1, -0.05) is 60.7 Å². The Balaban J connectivity index is 2.07. The Kier molecular flexibility index (Phi) is 3.59. The molecule has 1 fully saturated rings. The first-order chi connectivity index (χ1) is 10.2. The molecule has 0 aromatic heterocycles. The van der Waals surface area contributed by atoms with Crippen LogP contribution in [0.4, 0.5) is 0 Å². The maximum Gasteiger partial charge on any atom is 0.256 e. The van der Waals surface area contributed by atoms with Crippen molar-refractivity contribution in [2.45, 2.75) is 12.0 Å². The molecule has 2 aromatic rings. The molecule has 3 nitrogen and oxygen atoms in total. The molecular formula is C18H17NO2. The second kappa shape index (κ2) is 5.54. The molecule has 0 bridgehead atoms. The molecule has 106 valence electrons. The van der Waals surface area contributed by atoms with Crippen LogP contribution in [0.3, 0.4) is 0 Å². The van der Waals surface area contributed by atoms with Crippen molar-refractivity contribution < 1.29 is 9.90 Å². The number of aliphatic hydroxyl groups is 1. The Labute approximate surface area is 124 Å². The molecule has 1 amide bonds. The lowest BCUT2D eigenvalue weighted by atomic mass is 9.92. The number of hydrogen-bond donors (Lipinski definition) is 1. The highest BCUT2D eigenvalue weighted by Gasteiger charge is 2.42. The molecule has 0 saturated carbocycles. The number of aliphatic hydroxyl groups excluding tert-OH is 1. The minimum absolute atomic E-state index is 0.258. The molecule has 2 atom stereocenters. The molecule has 1 N–H and O–H groups in total. The molecule has 0 radical (unpaired) electrons. The lowest BCUT2D eigenvalue weighted by Crippen LogP contribution is -2.25. The van der Waals surface area contributed by atoms with Crippen molar-refractivity contribution >= 4 is 12.0 Å². The smallest absolute Gasteiger partial charge is 0.256 e. The zero-order valence-electron chi connectivity index (χ0n) is 11.8. The number of nitrogens with zero attached hydrogens (tertiary/aromatic N) is 1. The van der Waals surface area contributed by atoms with E-state index in [2.05, 4.69) is 0 Å². The fourth-order valence-electron chi connectivity index (χ4n) is 2.76. The van der Waals surface area contributed by atoms with Gasteiger partial charge in [-0.3, -0.25) is 4.79 Å². The highest BCUT2D eigenvalue weighted by atomic mass is 16.3. The van der Waals surface area contributed by atoms with E-state index in [1.54, 1.807) is 11.9 Å². The number of likely N-dealkylation sites (tertiary alicyclic amines) is 1. The van der Waals surface area contributed by atoms with Crippen LogP contribution >= 0.6 is 0 Å². The molecule has 1 saturated heterocycles. The Morgan fingerprint density at radius 1 is 1.00 bits per heavy atom. The number of carbonyl (C=O) groups excluding carboxylic acids is 1. The number of rotatable bonds is 2. The molecule has 3 rings (SSSR count). The van der Waals surface area contributed by atoms with Crippen LogP contribution in [-0.4, -0.2) is 29.1 Å². The van der Waals surface area contributed by atoms with E-state index in [0.29, 0.717) is 0 Å². The van der Waals surface area contributed by atoms with Gasteiger partial charge in [-0.15, -0.1) is 0 Å². The standard InChI is InChI=1S/C18H17NO2/c1-19-15(12-13-8-4-2-5-9-13)16(17(20)18(19)21)14-10-6-3-7-11-14/h2-12,16-17,20H,1H3/b15-12+/t16-,17?/m1/s1. The Morgan fingerprint density at radius 2 is 1.57 bits per heavy atom. The van der Waals surface area contributed by atoms with Crippen molar-refractivity contribution in [1.29, 1.82) is 0 Å². The van der Waals surface area contributed by atoms with E-state index < -0.39 is 6.10 Å². The number of benzene rings is 2. The van der Waals surface area contributed by atoms with Crippen molar-refractivity contribution in [3.8, 4) is 0 Å². The fraction of sp³-hybridized carbons (Fsp3) is 0.167. The van der Waals surface area contributed by atoms with Gasteiger partial charge in [-0.05, 0) is 17.2 Å². The summed E-state index contributed by atoms with van der Waals surface area (Å²) in [6.45, 7) is 0. The molecule has 3 heteroatoms. The van der Waals surface area contributed by atoms with Crippen molar-refractivity contribution in [3.05, 3.63) is 77.5 Å². The zero-order valence-corrected chi connectivity index (χ0v) is 11.8. The van der Waals surface area contributed by atoms with E-state index in [4.69, 9.17) is 0 Å². The molecule has 1 heterocycles. The molecule has 1 aliphatic heterocycles. The average molecular weight is 279 g/mol. The minimum Gasteiger partial charge on any atom is -0.382 e. The summed E-state index contributed by atoms with van der Waals surface area (Å²) in [5.41, 5.74) is 2.79. The first kappa shape index (κ1) is 13.6. The Hall–Kier alpha value is -2.39. The second-order valence-corrected chi connectivity index (χ2v) is 5.21. The van der Waals surface area contributed by atoms with Crippen LogP contribution in [0, 0.1) is 0 Å². The highest BCUT2D eigenvalue weighted by Crippen LogP contribution is 2.37. The summed E-state index contributed by atoms with van der Waals surface area (Å²) in [4.78, 5) is 13.7. The van der Waals surface area contributed by atoms with E-state index in [9.17, 15) is 9.90 Å². The second-order valence-electron chi connectivity index (χ2n) is 5.21. The minimum atomic E-state index is -1.02. The van der Waals surface area contributed by atoms with Crippen LogP contribution < -0.4 is 0 Å². The SMILES string of the molecule is CN1C(=O)C(O)[C@H](c2ccccc2)/C1=C\c1ccccc1. The van der Waals surface area contributed by atoms with Crippen LogP contribution in [0.5, 0.6) is 0 Å². The molecule has 1 aliphatic rings. The van der Waals surface area contributed by atoms with Crippen LogP contribution in [-0.2, 0) is 4.79 Å². The van der Waals surface area contributed by atoms with Crippen LogP contribution in [0.1, 0.15) is 17.0 Å². The van der Waals surface area contributed by atoms with Gasteiger partial charge in [-0.2, -0.15) is 0 Å². The molecule has 21 heavy (non-hydrogen) atoms. The van der Waals surface area contributed by atoms with Gasteiger partial charge in [-0.25, -0.2) is 0 Å². The van der Waals surface area contributed by atoms with Crippen LogP contribution in [0.2, 0.25) is 0 Å². The monoisotopic (exact) mass is 279 g/mol. The lowest BCUT2D eigenvalue weighted by Gasteiger charge is -2.17. The van der Waals surface area contributed by atoms with Crippen molar-refractivity contribution in [2.24, 2.45) is 0 Å². The largest absolute Gasteiger partial charge is 0.382 e. The number of carbonyl (C=O) groups is 1. The van der Waals surface area contributed by atoms with Gasteiger partial charge in [0.2, 0.25) is 0 Å². The quantitative estimate of drug-likeness (QED) is 0.918. The third-order valence-electron chi connectivity index (χ3n) is 3.88. The predicted molar refractivity (Wildman–Crippen MR) is 82.4 cm³/mol. The summed E-state index contributed by atoms with van der Waals surface area (Å²) in [7, 11) is 1.71. The van der Waals surface area contributed by atoms with Gasteiger partial charge in [0.1, 0.15) is 6.10 Å². The topological polar surface area (TPSA) is 40.5 Å². The normalized spacial score (nSPS) is 23.8. The summed E-state index contributed by atoms with van der Waals surface area (Å²) in [5, 5.41) is 10.3. The fourth-order valence-corrected chi connectivity index (χ4v) is 2.76. The Morgan fingerprint density at radius 3 is 2.19 bits per heavy atom. The van der Waals surface area contributed by atoms with Gasteiger partial charge in [0.25, 0.3) is 5.91 Å². The first-order valence-electron chi connectivity index (χ1n) is 6.95. The summed E-state index contributed by atoms with van der Waals surface area (Å²) in [5.74, 6) is -0.574. The third kappa shape index (κ3) is 2.48. The van der Waals surface area contributed by atoms with E-state index >= 15 is 0 Å². The molecular weight excluding hydrogens is 262 g/mol. The maximum atomic E-state index is 12.1.